The van der Waals surface area contributed by atoms with Gasteiger partial charge >= 0.3 is 0 Å². The number of aromatic nitrogens is 4. The molecule has 8 rings (SSSR count). The van der Waals surface area contributed by atoms with Crippen LogP contribution < -0.4 is 16.4 Å². The Morgan fingerprint density at radius 2 is 1.29 bits per heavy atom. The summed E-state index contributed by atoms with van der Waals surface area (Å²) in [5.41, 5.74) is 13.0. The summed E-state index contributed by atoms with van der Waals surface area (Å²) in [5, 5.41) is 2.45. The molecule has 0 unspecified atom stereocenters. The number of benzene rings is 5. The Morgan fingerprint density at radius 3 is 2.08 bits per heavy atom. The van der Waals surface area contributed by atoms with E-state index >= 15 is 0 Å². The van der Waals surface area contributed by atoms with Crippen LogP contribution in [0.3, 0.4) is 0 Å². The van der Waals surface area contributed by atoms with E-state index in [1.54, 1.807) is 0 Å². The molecule has 3 heterocycles. The number of hydrogen-bond acceptors (Lipinski definition) is 2. The standard InChI is InChI=1S/C44H39BN4/c1-30-13-11-14-31(2)43(30)48-28-39(47-29-48)32-15-12-18-35(25-32)45(34-16-7-6-8-17-34)36-21-22-38-37-19-9-10-20-40(37)49(41(38)27-36)42-26-33(23-24-46-42)44(3,4)5/h6-29H,1-5H3. The monoisotopic (exact) mass is 634 g/mol. The first kappa shape index (κ1) is 30.6. The molecule has 238 valence electrons. The zero-order chi connectivity index (χ0) is 33.7. The molecule has 49 heavy (non-hydrogen) atoms. The molecule has 0 aliphatic rings. The third kappa shape index (κ3) is 5.55. The highest BCUT2D eigenvalue weighted by Gasteiger charge is 2.25. The summed E-state index contributed by atoms with van der Waals surface area (Å²) in [6.45, 7) is 11.1. The van der Waals surface area contributed by atoms with Crippen molar-refractivity contribution in [3.8, 4) is 22.8 Å². The van der Waals surface area contributed by atoms with E-state index in [4.69, 9.17) is 9.97 Å². The molecule has 0 saturated carbocycles. The summed E-state index contributed by atoms with van der Waals surface area (Å²) in [4.78, 5) is 9.80. The van der Waals surface area contributed by atoms with Gasteiger partial charge in [0.25, 0.3) is 0 Å². The fourth-order valence-electron chi connectivity index (χ4n) is 7.33. The second kappa shape index (κ2) is 12.1. The Kier molecular flexibility index (Phi) is 7.56. The van der Waals surface area contributed by atoms with E-state index in [1.165, 1.54) is 49.5 Å². The maximum Gasteiger partial charge on any atom is 0.241 e. The number of fused-ring (bicyclic) bond motifs is 3. The van der Waals surface area contributed by atoms with Crippen molar-refractivity contribution in [2.24, 2.45) is 0 Å². The lowest BCUT2D eigenvalue weighted by Crippen LogP contribution is -2.52. The quantitative estimate of drug-likeness (QED) is 0.172. The number of para-hydroxylation sites is 2. The van der Waals surface area contributed by atoms with E-state index in [-0.39, 0.29) is 12.1 Å². The summed E-state index contributed by atoms with van der Waals surface area (Å²) in [6, 6.07) is 46.1. The molecule has 0 saturated heterocycles. The van der Waals surface area contributed by atoms with Crippen LogP contribution in [-0.4, -0.2) is 25.8 Å². The summed E-state index contributed by atoms with van der Waals surface area (Å²) in [5.74, 6) is 0.938. The van der Waals surface area contributed by atoms with Gasteiger partial charge in [-0.15, -0.1) is 0 Å². The van der Waals surface area contributed by atoms with Crippen LogP contribution in [-0.2, 0) is 5.41 Å². The van der Waals surface area contributed by atoms with Crippen LogP contribution in [0.5, 0.6) is 0 Å². The number of pyridine rings is 1. The second-order valence-corrected chi connectivity index (χ2v) is 14.2. The number of hydrogen-bond donors (Lipinski definition) is 0. The molecular formula is C44H39BN4. The Labute approximate surface area is 288 Å². The fraction of sp³-hybridized carbons (Fsp3) is 0.136. The van der Waals surface area contributed by atoms with Gasteiger partial charge in [-0.25, -0.2) is 9.97 Å². The van der Waals surface area contributed by atoms with E-state index in [0.717, 1.165) is 28.1 Å². The van der Waals surface area contributed by atoms with Crippen molar-refractivity contribution in [1.29, 1.82) is 0 Å². The van der Waals surface area contributed by atoms with Gasteiger partial charge in [0.1, 0.15) is 5.82 Å². The number of aryl methyl sites for hydroxylation is 2. The van der Waals surface area contributed by atoms with Crippen LogP contribution in [0.25, 0.3) is 44.6 Å². The largest absolute Gasteiger partial charge is 0.305 e. The van der Waals surface area contributed by atoms with Gasteiger partial charge in [-0.2, -0.15) is 0 Å². The predicted octanol–water partition coefficient (Wildman–Crippen LogP) is 8.46. The fourth-order valence-corrected chi connectivity index (χ4v) is 7.33. The molecule has 0 fully saturated rings. The minimum Gasteiger partial charge on any atom is -0.305 e. The highest BCUT2D eigenvalue weighted by molar-refractivity contribution is 6.95. The Morgan fingerprint density at radius 1 is 0.592 bits per heavy atom. The van der Waals surface area contributed by atoms with Gasteiger partial charge in [-0.3, -0.25) is 4.57 Å². The van der Waals surface area contributed by atoms with Gasteiger partial charge < -0.3 is 4.57 Å². The maximum atomic E-state index is 4.92. The molecule has 5 heteroatoms. The SMILES string of the molecule is Cc1cccc(C)c1-n1cnc(-c2cccc(B(c3ccccc3)c3ccc4c5ccccc5n(-c5cc(C(C)(C)C)ccn5)c4c3)c2)c1. The van der Waals surface area contributed by atoms with Gasteiger partial charge in [0, 0.05) is 28.7 Å². The van der Waals surface area contributed by atoms with E-state index in [9.17, 15) is 0 Å². The van der Waals surface area contributed by atoms with Crippen molar-refractivity contribution in [1.82, 2.24) is 19.1 Å². The topological polar surface area (TPSA) is 35.6 Å². The van der Waals surface area contributed by atoms with E-state index in [2.05, 4.69) is 177 Å². The van der Waals surface area contributed by atoms with Crippen LogP contribution in [0.4, 0.5) is 0 Å². The Bertz CT molecular complexity index is 2440. The molecule has 4 nitrogen and oxygen atoms in total. The van der Waals surface area contributed by atoms with Crippen LogP contribution >= 0.6 is 0 Å². The molecule has 0 atom stereocenters. The van der Waals surface area contributed by atoms with Gasteiger partial charge in [0.05, 0.1) is 28.7 Å². The van der Waals surface area contributed by atoms with E-state index in [1.807, 2.05) is 12.5 Å². The number of rotatable bonds is 6. The highest BCUT2D eigenvalue weighted by Crippen LogP contribution is 2.32. The molecule has 0 N–H and O–H groups in total. The highest BCUT2D eigenvalue weighted by atomic mass is 15.1. The van der Waals surface area contributed by atoms with Crippen molar-refractivity contribution in [2.75, 3.05) is 0 Å². The van der Waals surface area contributed by atoms with Crippen molar-refractivity contribution in [2.45, 2.75) is 40.0 Å². The lowest BCUT2D eigenvalue weighted by atomic mass is 9.36. The first-order valence-electron chi connectivity index (χ1n) is 17.0. The van der Waals surface area contributed by atoms with Gasteiger partial charge in [0.15, 0.2) is 0 Å². The second-order valence-electron chi connectivity index (χ2n) is 14.2. The van der Waals surface area contributed by atoms with Crippen LogP contribution in [0.2, 0.25) is 0 Å². The first-order chi connectivity index (χ1) is 23.8. The van der Waals surface area contributed by atoms with Gasteiger partial charge in [0.2, 0.25) is 6.71 Å². The molecule has 0 amide bonds. The minimum atomic E-state index is 0.0135. The molecule has 0 bridgehead atoms. The molecular weight excluding hydrogens is 595 g/mol. The molecule has 0 aliphatic heterocycles. The van der Waals surface area contributed by atoms with Crippen molar-refractivity contribution >= 4 is 44.9 Å². The molecule has 8 aromatic rings. The summed E-state index contributed by atoms with van der Waals surface area (Å²) in [7, 11) is 0. The molecule has 0 radical (unpaired) electrons. The summed E-state index contributed by atoms with van der Waals surface area (Å²) >= 11 is 0. The van der Waals surface area contributed by atoms with Crippen molar-refractivity contribution in [3.05, 3.63) is 163 Å². The smallest absolute Gasteiger partial charge is 0.241 e. The van der Waals surface area contributed by atoms with E-state index < -0.39 is 0 Å². The zero-order valence-electron chi connectivity index (χ0n) is 28.7. The van der Waals surface area contributed by atoms with Crippen LogP contribution in [0.15, 0.2) is 146 Å². The normalized spacial score (nSPS) is 11.8. The van der Waals surface area contributed by atoms with Crippen molar-refractivity contribution in [3.63, 3.8) is 0 Å². The molecule has 0 aliphatic carbocycles. The average Bonchev–Trinajstić information content (AvgIpc) is 3.72. The van der Waals surface area contributed by atoms with Gasteiger partial charge in [-0.05, 0) is 60.2 Å². The Hall–Kier alpha value is -5.68. The summed E-state index contributed by atoms with van der Waals surface area (Å²) in [6.07, 6.45) is 6.02. The lowest BCUT2D eigenvalue weighted by Gasteiger charge is -2.20. The van der Waals surface area contributed by atoms with Crippen LogP contribution in [0, 0.1) is 13.8 Å². The molecule has 5 aromatic carbocycles. The number of nitrogens with zero attached hydrogens (tertiary/aromatic N) is 4. The lowest BCUT2D eigenvalue weighted by molar-refractivity contribution is 0.588. The van der Waals surface area contributed by atoms with Crippen LogP contribution in [0.1, 0.15) is 37.5 Å². The third-order valence-electron chi connectivity index (χ3n) is 9.80. The van der Waals surface area contributed by atoms with Gasteiger partial charge in [-0.1, -0.05) is 140 Å². The summed E-state index contributed by atoms with van der Waals surface area (Å²) < 4.78 is 4.48. The third-order valence-corrected chi connectivity index (χ3v) is 9.80. The number of imidazole rings is 1. The minimum absolute atomic E-state index is 0.0135. The predicted molar refractivity (Wildman–Crippen MR) is 207 cm³/mol. The zero-order valence-corrected chi connectivity index (χ0v) is 28.7. The first-order valence-corrected chi connectivity index (χ1v) is 17.0. The Balaban J connectivity index is 1.29. The molecule has 0 spiro atoms. The van der Waals surface area contributed by atoms with E-state index in [0.29, 0.717) is 0 Å². The maximum absolute atomic E-state index is 4.92. The average molecular weight is 635 g/mol. The van der Waals surface area contributed by atoms with Crippen molar-refractivity contribution < 1.29 is 0 Å². The molecule has 3 aromatic heterocycles.